The van der Waals surface area contributed by atoms with Crippen LogP contribution in [-0.2, 0) is 4.79 Å². The van der Waals surface area contributed by atoms with E-state index in [2.05, 4.69) is 39.4 Å². The monoisotopic (exact) mass is 345 g/mol. The number of amides is 1. The summed E-state index contributed by atoms with van der Waals surface area (Å²) >= 11 is 0. The second-order valence-corrected chi connectivity index (χ2v) is 6.80. The lowest BCUT2D eigenvalue weighted by atomic mass is 9.94. The Morgan fingerprint density at radius 1 is 1.36 bits per heavy atom. The number of fused-ring (bicyclic) bond motifs is 1. The summed E-state index contributed by atoms with van der Waals surface area (Å²) in [5.74, 6) is 1.34. The lowest BCUT2D eigenvalue weighted by Crippen LogP contribution is -2.73. The van der Waals surface area contributed by atoms with Crippen LogP contribution in [0.4, 0.5) is 11.8 Å². The zero-order valence-corrected chi connectivity index (χ0v) is 15.8. The highest BCUT2D eigenvalue weighted by Crippen LogP contribution is 2.25. The second kappa shape index (κ2) is 8.20. The van der Waals surface area contributed by atoms with Crippen LogP contribution in [0.5, 0.6) is 0 Å². The van der Waals surface area contributed by atoms with Crippen molar-refractivity contribution in [3.63, 3.8) is 0 Å². The Morgan fingerprint density at radius 3 is 2.76 bits per heavy atom. The van der Waals surface area contributed by atoms with Gasteiger partial charge in [-0.3, -0.25) is 15.1 Å². The molecule has 0 spiro atoms. The first-order chi connectivity index (χ1) is 11.9. The molecule has 0 aliphatic rings. The van der Waals surface area contributed by atoms with Crippen LogP contribution in [0.1, 0.15) is 45.6 Å². The first-order valence-electron chi connectivity index (χ1n) is 8.83. The molecule has 0 aliphatic heterocycles. The largest absolute Gasteiger partial charge is 0.361 e. The lowest BCUT2D eigenvalue weighted by molar-refractivity contribution is -0.547. The molecule has 1 atom stereocenters. The van der Waals surface area contributed by atoms with Gasteiger partial charge in [-0.1, -0.05) is 19.8 Å². The molecule has 0 fully saturated rings. The van der Waals surface area contributed by atoms with E-state index in [0.29, 0.717) is 18.3 Å². The molecule has 0 aromatic carbocycles. The predicted molar refractivity (Wildman–Crippen MR) is 99.8 cm³/mol. The number of nitrogens with zero attached hydrogens (tertiary/aromatic N) is 3. The quantitative estimate of drug-likeness (QED) is 0.676. The summed E-state index contributed by atoms with van der Waals surface area (Å²) in [7, 11) is 1.92. The van der Waals surface area contributed by atoms with Gasteiger partial charge in [0.25, 0.3) is 0 Å². The highest BCUT2D eigenvalue weighted by Gasteiger charge is 2.26. The Morgan fingerprint density at radius 2 is 2.12 bits per heavy atom. The van der Waals surface area contributed by atoms with Crippen molar-refractivity contribution in [1.82, 2.24) is 20.3 Å². The number of carbonyl (C=O) groups is 1. The Bertz CT molecular complexity index is 748. The standard InChI is InChI=1S/C18H28N6O/c1-6-7-8-18(4,11-21-13(3)25)24-16-15-14(9-12(2)10-20-15)22-17(19-5)23-16/h9-10H,6-8,11H2,1-5H3,(H,21,25)(H2,19,22,23,24)/p+1. The third kappa shape index (κ3) is 5.09. The molecule has 2 aromatic rings. The van der Waals surface area contributed by atoms with Crippen molar-refractivity contribution in [3.8, 4) is 0 Å². The minimum atomic E-state index is -0.305. The topological polar surface area (TPSA) is 96.4 Å². The van der Waals surface area contributed by atoms with Crippen molar-refractivity contribution in [2.75, 3.05) is 18.9 Å². The van der Waals surface area contributed by atoms with Gasteiger partial charge in [0.15, 0.2) is 5.82 Å². The van der Waals surface area contributed by atoms with Crippen LogP contribution in [0.15, 0.2) is 12.3 Å². The van der Waals surface area contributed by atoms with Crippen LogP contribution in [0.25, 0.3) is 11.0 Å². The average Bonchev–Trinajstić information content (AvgIpc) is 2.57. The molecule has 136 valence electrons. The molecule has 7 nitrogen and oxygen atoms in total. The van der Waals surface area contributed by atoms with Gasteiger partial charge in [-0.15, -0.1) is 0 Å². The van der Waals surface area contributed by atoms with Crippen molar-refractivity contribution in [3.05, 3.63) is 17.8 Å². The van der Waals surface area contributed by atoms with E-state index in [0.717, 1.165) is 35.9 Å². The van der Waals surface area contributed by atoms with Crippen LogP contribution in [-0.4, -0.2) is 40.0 Å². The summed E-state index contributed by atoms with van der Waals surface area (Å²) in [5, 5.41) is 8.34. The number of pyridine rings is 1. The zero-order chi connectivity index (χ0) is 18.4. The van der Waals surface area contributed by atoms with Crippen molar-refractivity contribution in [1.29, 1.82) is 0 Å². The van der Waals surface area contributed by atoms with Gasteiger partial charge in [0.2, 0.25) is 5.91 Å². The molecule has 0 saturated heterocycles. The van der Waals surface area contributed by atoms with Gasteiger partial charge >= 0.3 is 5.95 Å². The number of rotatable bonds is 8. The molecule has 2 rings (SSSR count). The predicted octanol–water partition coefficient (Wildman–Crippen LogP) is 1.65. The second-order valence-electron chi connectivity index (χ2n) is 6.80. The molecule has 0 bridgehead atoms. The normalized spacial score (nSPS) is 13.5. The van der Waals surface area contributed by atoms with Gasteiger partial charge in [-0.2, -0.15) is 9.97 Å². The average molecular weight is 345 g/mol. The first kappa shape index (κ1) is 19.1. The minimum Gasteiger partial charge on any atom is -0.361 e. The molecule has 2 aromatic heterocycles. The van der Waals surface area contributed by atoms with Crippen LogP contribution in [0.3, 0.4) is 0 Å². The molecule has 1 unspecified atom stereocenters. The van der Waals surface area contributed by atoms with Crippen LogP contribution in [0, 0.1) is 6.92 Å². The van der Waals surface area contributed by atoms with Gasteiger partial charge in [0, 0.05) is 19.7 Å². The Balaban J connectivity index is 2.41. The molecule has 1 amide bonds. The van der Waals surface area contributed by atoms with Crippen molar-refractivity contribution in [2.45, 2.75) is 52.5 Å². The summed E-state index contributed by atoms with van der Waals surface area (Å²) in [5.41, 5.74) is 2.33. The summed E-state index contributed by atoms with van der Waals surface area (Å²) < 4.78 is 0. The van der Waals surface area contributed by atoms with E-state index >= 15 is 0 Å². The van der Waals surface area contributed by atoms with E-state index in [1.807, 2.05) is 31.6 Å². The number of nitrogens with two attached hydrogens (primary N) is 1. The number of carbonyl (C=O) groups excluding carboxylic acids is 1. The summed E-state index contributed by atoms with van der Waals surface area (Å²) in [6.07, 6.45) is 4.90. The summed E-state index contributed by atoms with van der Waals surface area (Å²) in [6.45, 7) is 8.34. The van der Waals surface area contributed by atoms with Crippen LogP contribution >= 0.6 is 0 Å². The number of unbranched alkanes of at least 4 members (excludes halogenated alkanes) is 1. The molecule has 0 saturated carbocycles. The van der Waals surface area contributed by atoms with E-state index < -0.39 is 0 Å². The van der Waals surface area contributed by atoms with Gasteiger partial charge in [-0.25, -0.2) is 0 Å². The maximum atomic E-state index is 11.4. The molecule has 0 aliphatic carbocycles. The molecule has 4 N–H and O–H groups in total. The molecule has 7 heteroatoms. The number of aromatic nitrogens is 3. The Labute approximate surface area is 149 Å². The fourth-order valence-corrected chi connectivity index (χ4v) is 2.72. The van der Waals surface area contributed by atoms with Crippen LogP contribution in [0.2, 0.25) is 0 Å². The number of hydrogen-bond donors (Lipinski definition) is 3. The minimum absolute atomic E-state index is 0.0339. The number of quaternary nitrogens is 1. The van der Waals surface area contributed by atoms with Crippen molar-refractivity contribution < 1.29 is 10.1 Å². The molecular weight excluding hydrogens is 316 g/mol. The maximum absolute atomic E-state index is 11.4. The number of nitrogens with one attached hydrogen (secondary N) is 2. The Kier molecular flexibility index (Phi) is 6.25. The smallest absolute Gasteiger partial charge is 0.327 e. The zero-order valence-electron chi connectivity index (χ0n) is 15.8. The third-order valence-electron chi connectivity index (χ3n) is 4.18. The van der Waals surface area contributed by atoms with Gasteiger partial charge < -0.3 is 10.6 Å². The molecule has 25 heavy (non-hydrogen) atoms. The van der Waals surface area contributed by atoms with Gasteiger partial charge in [0.05, 0.1) is 12.6 Å². The number of aryl methyl sites for hydroxylation is 1. The van der Waals surface area contributed by atoms with Crippen LogP contribution < -0.4 is 16.0 Å². The van der Waals surface area contributed by atoms with E-state index in [9.17, 15) is 4.79 Å². The SMILES string of the molecule is CCCCC(C)(CNC(C)=O)Nc1nc([NH2+]C)nc2cc(C)cnc12. The van der Waals surface area contributed by atoms with E-state index in [-0.39, 0.29) is 11.4 Å². The molecule has 0 radical (unpaired) electrons. The third-order valence-corrected chi connectivity index (χ3v) is 4.18. The highest BCUT2D eigenvalue weighted by molar-refractivity contribution is 5.86. The van der Waals surface area contributed by atoms with Crippen molar-refractivity contribution >= 4 is 28.7 Å². The Hall–Kier alpha value is -2.28. The van der Waals surface area contributed by atoms with Gasteiger partial charge in [-0.05, 0) is 31.9 Å². The fourth-order valence-electron chi connectivity index (χ4n) is 2.72. The summed E-state index contributed by atoms with van der Waals surface area (Å²) in [6, 6.07) is 2.01. The molecule has 2 heterocycles. The van der Waals surface area contributed by atoms with Crippen molar-refractivity contribution in [2.24, 2.45) is 0 Å². The maximum Gasteiger partial charge on any atom is 0.327 e. The number of anilines is 1. The molecular formula is C18H29N6O+. The lowest BCUT2D eigenvalue weighted by Gasteiger charge is -2.32. The number of hydrogen-bond acceptors (Lipinski definition) is 5. The first-order valence-corrected chi connectivity index (χ1v) is 8.83. The fraction of sp³-hybridized carbons (Fsp3) is 0.556. The van der Waals surface area contributed by atoms with E-state index in [4.69, 9.17) is 0 Å². The van der Waals surface area contributed by atoms with E-state index in [1.54, 1.807) is 0 Å². The van der Waals surface area contributed by atoms with Gasteiger partial charge in [0.1, 0.15) is 11.0 Å². The highest BCUT2D eigenvalue weighted by atomic mass is 16.1. The summed E-state index contributed by atoms with van der Waals surface area (Å²) in [4.78, 5) is 25.1. The van der Waals surface area contributed by atoms with E-state index in [1.165, 1.54) is 6.92 Å².